The Kier molecular flexibility index (Phi) is 5.33. The molecule has 0 bridgehead atoms. The lowest BCUT2D eigenvalue weighted by atomic mass is 10.3. The van der Waals surface area contributed by atoms with Crippen LogP contribution < -0.4 is 9.26 Å². The lowest BCUT2D eigenvalue weighted by molar-refractivity contribution is 0.211. The normalized spacial score (nSPS) is 11.3. The van der Waals surface area contributed by atoms with Crippen LogP contribution in [0.25, 0.3) is 0 Å². The molecule has 1 rings (SSSR count). The summed E-state index contributed by atoms with van der Waals surface area (Å²) in [5.41, 5.74) is 0. The number of benzene rings is 1. The summed E-state index contributed by atoms with van der Waals surface area (Å²) >= 11 is 1.55. The highest BCUT2D eigenvalue weighted by Gasteiger charge is 2.25. The molecule has 0 saturated heterocycles. The molecule has 7 heteroatoms. The number of phosphoric ester groups is 1. The van der Waals surface area contributed by atoms with E-state index >= 15 is 0 Å². The van der Waals surface area contributed by atoms with Gasteiger partial charge in [-0.15, -0.1) is 11.8 Å². The molecule has 0 atom stereocenters. The first-order valence-electron chi connectivity index (χ1n) is 4.71. The van der Waals surface area contributed by atoms with Crippen LogP contribution in [0.2, 0.25) is 0 Å². The highest BCUT2D eigenvalue weighted by Crippen LogP contribution is 2.48. The third-order valence-electron chi connectivity index (χ3n) is 2.02. The Morgan fingerprint density at radius 1 is 1.18 bits per heavy atom. The van der Waals surface area contributed by atoms with Crippen molar-refractivity contribution in [1.82, 2.24) is 0 Å². The van der Waals surface area contributed by atoms with Gasteiger partial charge in [0.25, 0.3) is 0 Å². The summed E-state index contributed by atoms with van der Waals surface area (Å²) in [4.78, 5) is 0.963. The molecule has 1 aromatic rings. The SMILES string of the molecule is COc1cc(OP(=O)(OC)OC)ccc1SC. The molecule has 0 spiro atoms. The smallest absolute Gasteiger partial charge is 0.495 e. The number of rotatable bonds is 6. The molecule has 17 heavy (non-hydrogen) atoms. The van der Waals surface area contributed by atoms with Crippen molar-refractivity contribution in [2.45, 2.75) is 4.90 Å². The second-order valence-corrected chi connectivity index (χ2v) is 5.58. The lowest BCUT2D eigenvalue weighted by Crippen LogP contribution is -1.97. The van der Waals surface area contributed by atoms with Gasteiger partial charge in [0, 0.05) is 25.2 Å². The lowest BCUT2D eigenvalue weighted by Gasteiger charge is -2.15. The molecule has 0 fully saturated rings. The average molecular weight is 278 g/mol. The van der Waals surface area contributed by atoms with Crippen LogP contribution in [0.3, 0.4) is 0 Å². The molecule has 0 heterocycles. The molecule has 0 aliphatic carbocycles. The van der Waals surface area contributed by atoms with Crippen molar-refractivity contribution in [3.05, 3.63) is 18.2 Å². The molecule has 0 saturated carbocycles. The van der Waals surface area contributed by atoms with Crippen LogP contribution >= 0.6 is 19.6 Å². The summed E-state index contributed by atoms with van der Waals surface area (Å²) in [7, 11) is 0.565. The summed E-state index contributed by atoms with van der Waals surface area (Å²) in [6.45, 7) is 0. The zero-order valence-corrected chi connectivity index (χ0v) is 11.8. The van der Waals surface area contributed by atoms with Crippen molar-refractivity contribution in [2.24, 2.45) is 0 Å². The molecular weight excluding hydrogens is 263 g/mol. The van der Waals surface area contributed by atoms with Crippen LogP contribution in [0.15, 0.2) is 23.1 Å². The first-order valence-corrected chi connectivity index (χ1v) is 7.40. The van der Waals surface area contributed by atoms with Gasteiger partial charge in [0.2, 0.25) is 0 Å². The zero-order valence-electron chi connectivity index (χ0n) is 10.1. The van der Waals surface area contributed by atoms with E-state index in [1.54, 1.807) is 31.0 Å². The van der Waals surface area contributed by atoms with E-state index in [1.165, 1.54) is 14.2 Å². The van der Waals surface area contributed by atoms with Gasteiger partial charge < -0.3 is 9.26 Å². The maximum atomic E-state index is 11.8. The fraction of sp³-hybridized carbons (Fsp3) is 0.400. The van der Waals surface area contributed by atoms with Gasteiger partial charge in [0.05, 0.1) is 7.11 Å². The first kappa shape index (κ1) is 14.4. The third kappa shape index (κ3) is 3.64. The minimum atomic E-state index is -3.52. The largest absolute Gasteiger partial charge is 0.529 e. The monoisotopic (exact) mass is 278 g/mol. The van der Waals surface area contributed by atoms with E-state index in [-0.39, 0.29) is 0 Å². The minimum Gasteiger partial charge on any atom is -0.495 e. The van der Waals surface area contributed by atoms with Crippen molar-refractivity contribution in [3.63, 3.8) is 0 Å². The molecule has 5 nitrogen and oxygen atoms in total. The Morgan fingerprint density at radius 2 is 1.82 bits per heavy atom. The van der Waals surface area contributed by atoms with Gasteiger partial charge in [-0.2, -0.15) is 0 Å². The van der Waals surface area contributed by atoms with E-state index in [9.17, 15) is 4.57 Å². The number of thioether (sulfide) groups is 1. The fourth-order valence-electron chi connectivity index (χ4n) is 1.15. The number of phosphoric acid groups is 1. The van der Waals surface area contributed by atoms with E-state index < -0.39 is 7.82 Å². The Labute approximate surface area is 105 Å². The predicted octanol–water partition coefficient (Wildman–Crippen LogP) is 3.20. The molecule has 0 N–H and O–H groups in total. The highest BCUT2D eigenvalue weighted by atomic mass is 32.2. The summed E-state index contributed by atoms with van der Waals surface area (Å²) in [5, 5.41) is 0. The number of methoxy groups -OCH3 is 1. The Hall–Kier alpha value is -0.680. The van der Waals surface area contributed by atoms with E-state index in [4.69, 9.17) is 9.26 Å². The standard InChI is InChI=1S/C10H15O5PS/c1-12-9-7-8(5-6-10(9)17-4)15-16(11,13-2)14-3/h5-7H,1-4H3. The Balaban J connectivity index is 2.97. The van der Waals surface area contributed by atoms with Crippen molar-refractivity contribution in [3.8, 4) is 11.5 Å². The van der Waals surface area contributed by atoms with Gasteiger partial charge in [0.15, 0.2) is 0 Å². The molecule has 0 amide bonds. The maximum Gasteiger partial charge on any atom is 0.529 e. The maximum absolute atomic E-state index is 11.8. The average Bonchev–Trinajstić information content (AvgIpc) is 2.38. The van der Waals surface area contributed by atoms with E-state index in [1.807, 2.05) is 12.3 Å². The molecule has 0 aliphatic heterocycles. The van der Waals surface area contributed by atoms with Crippen molar-refractivity contribution < 1.29 is 22.9 Å². The quantitative estimate of drug-likeness (QED) is 0.588. The number of hydrogen-bond acceptors (Lipinski definition) is 6. The van der Waals surface area contributed by atoms with Crippen molar-refractivity contribution in [1.29, 1.82) is 0 Å². The molecule has 96 valence electrons. The molecule has 0 unspecified atom stereocenters. The molecule has 0 aromatic heterocycles. The van der Waals surface area contributed by atoms with Gasteiger partial charge in [-0.3, -0.25) is 9.05 Å². The van der Waals surface area contributed by atoms with E-state index in [0.29, 0.717) is 11.5 Å². The van der Waals surface area contributed by atoms with Gasteiger partial charge in [-0.25, -0.2) is 4.57 Å². The second-order valence-electron chi connectivity index (χ2n) is 2.92. The summed E-state index contributed by atoms with van der Waals surface area (Å²) < 4.78 is 31.5. The highest BCUT2D eigenvalue weighted by molar-refractivity contribution is 7.98. The van der Waals surface area contributed by atoms with E-state index in [2.05, 4.69) is 9.05 Å². The number of ether oxygens (including phenoxy) is 1. The van der Waals surface area contributed by atoms with Crippen LogP contribution in [-0.2, 0) is 13.6 Å². The molecule has 0 radical (unpaired) electrons. The second kappa shape index (κ2) is 6.31. The van der Waals surface area contributed by atoms with Crippen molar-refractivity contribution in [2.75, 3.05) is 27.6 Å². The van der Waals surface area contributed by atoms with Gasteiger partial charge in [0.1, 0.15) is 11.5 Å². The zero-order chi connectivity index (χ0) is 12.9. The van der Waals surface area contributed by atoms with Crippen molar-refractivity contribution >= 4 is 19.6 Å². The fourth-order valence-corrected chi connectivity index (χ4v) is 2.37. The Bertz CT molecular complexity index is 415. The van der Waals surface area contributed by atoms with Gasteiger partial charge in [-0.1, -0.05) is 0 Å². The summed E-state index contributed by atoms with van der Waals surface area (Å²) in [6.07, 6.45) is 1.94. The molecule has 1 aromatic carbocycles. The van der Waals surface area contributed by atoms with Crippen LogP contribution in [-0.4, -0.2) is 27.6 Å². The Morgan fingerprint density at radius 3 is 2.29 bits per heavy atom. The summed E-state index contributed by atoms with van der Waals surface area (Å²) in [5.74, 6) is 1.01. The first-order chi connectivity index (χ1) is 8.08. The van der Waals surface area contributed by atoms with Crippen LogP contribution in [0.4, 0.5) is 0 Å². The predicted molar refractivity (Wildman–Crippen MR) is 67.0 cm³/mol. The van der Waals surface area contributed by atoms with Gasteiger partial charge >= 0.3 is 7.82 Å². The van der Waals surface area contributed by atoms with Crippen LogP contribution in [0, 0.1) is 0 Å². The topological polar surface area (TPSA) is 54.0 Å². The van der Waals surface area contributed by atoms with Crippen LogP contribution in [0.5, 0.6) is 11.5 Å². The third-order valence-corrected chi connectivity index (χ3v) is 4.13. The van der Waals surface area contributed by atoms with Gasteiger partial charge in [-0.05, 0) is 18.4 Å². The number of hydrogen-bond donors (Lipinski definition) is 0. The molecular formula is C10H15O5PS. The van der Waals surface area contributed by atoms with Crippen LogP contribution in [0.1, 0.15) is 0 Å². The molecule has 0 aliphatic rings. The van der Waals surface area contributed by atoms with E-state index in [0.717, 1.165) is 4.90 Å². The minimum absolute atomic E-state index is 0.367. The summed E-state index contributed by atoms with van der Waals surface area (Å²) in [6, 6.07) is 5.13.